The molecule has 2 amide bonds. The minimum absolute atomic E-state index is 0.287. The summed E-state index contributed by atoms with van der Waals surface area (Å²) >= 11 is 0. The summed E-state index contributed by atoms with van der Waals surface area (Å²) in [7, 11) is 0. The van der Waals surface area contributed by atoms with Crippen molar-refractivity contribution in [3.8, 4) is 28.5 Å². The Morgan fingerprint density at radius 1 is 0.622 bits per heavy atom. The monoisotopic (exact) mass is 479 g/mol. The number of fused-ring (bicyclic) bond motifs is 1. The maximum absolute atomic E-state index is 13.7. The third kappa shape index (κ3) is 3.64. The van der Waals surface area contributed by atoms with Crippen LogP contribution in [0.2, 0.25) is 0 Å². The second kappa shape index (κ2) is 9.10. The number of benzene rings is 4. The van der Waals surface area contributed by atoms with Gasteiger partial charge >= 0.3 is 0 Å². The summed E-state index contributed by atoms with van der Waals surface area (Å²) in [6.07, 6.45) is 0. The van der Waals surface area contributed by atoms with Crippen molar-refractivity contribution < 1.29 is 9.59 Å². The van der Waals surface area contributed by atoms with Gasteiger partial charge in [0, 0.05) is 12.1 Å². The van der Waals surface area contributed by atoms with Crippen LogP contribution < -0.4 is 4.90 Å². The van der Waals surface area contributed by atoms with Gasteiger partial charge in [-0.3, -0.25) is 9.59 Å². The normalized spacial score (nSPS) is 12.5. The van der Waals surface area contributed by atoms with E-state index in [1.165, 1.54) is 4.90 Å². The smallest absolute Gasteiger partial charge is 0.267 e. The summed E-state index contributed by atoms with van der Waals surface area (Å²) < 4.78 is 1.94. The van der Waals surface area contributed by atoms with Crippen molar-refractivity contribution in [3.05, 3.63) is 138 Å². The van der Waals surface area contributed by atoms with E-state index in [-0.39, 0.29) is 11.4 Å². The van der Waals surface area contributed by atoms with E-state index in [0.29, 0.717) is 23.2 Å². The fraction of sp³-hybridized carbons (Fsp3) is 0.0312. The lowest BCUT2D eigenvalue weighted by atomic mass is 9.98. The number of nitrogens with zero attached hydrogens (tertiary/aromatic N) is 3. The number of hydrogen-bond acceptors (Lipinski definition) is 3. The Balaban J connectivity index is 1.71. The number of imide groups is 1. The van der Waals surface area contributed by atoms with E-state index < -0.39 is 11.8 Å². The number of rotatable bonds is 5. The molecule has 0 unspecified atom stereocenters. The SMILES string of the molecule is N#Cc1c(-c2ccccc2)c(-c2ccccc2)n(Cc2ccccc2)c1N1C(=O)c2ccccc2C1=O. The Morgan fingerprint density at radius 2 is 1.11 bits per heavy atom. The fourth-order valence-corrected chi connectivity index (χ4v) is 5.03. The van der Waals surface area contributed by atoms with Crippen molar-refractivity contribution in [2.75, 3.05) is 4.90 Å². The van der Waals surface area contributed by atoms with Gasteiger partial charge in [-0.2, -0.15) is 5.26 Å². The Hall–Kier alpha value is -5.21. The summed E-state index contributed by atoms with van der Waals surface area (Å²) in [6, 6.07) is 38.4. The van der Waals surface area contributed by atoms with Crippen molar-refractivity contribution >= 4 is 17.6 Å². The highest BCUT2D eigenvalue weighted by atomic mass is 16.2. The number of anilines is 1. The molecule has 0 bridgehead atoms. The third-order valence-electron chi connectivity index (χ3n) is 6.65. The summed E-state index contributed by atoms with van der Waals surface area (Å²) in [5.74, 6) is -0.568. The standard InChI is InChI=1S/C32H21N3O2/c33-20-27-28(23-14-6-2-7-15-23)29(24-16-8-3-9-17-24)34(21-22-12-4-1-5-13-22)30(27)35-31(36)25-18-10-11-19-26(25)32(35)37/h1-19H,21H2. The van der Waals surface area contributed by atoms with E-state index in [0.717, 1.165) is 22.4 Å². The zero-order chi connectivity index (χ0) is 25.4. The molecular formula is C32H21N3O2. The number of aromatic nitrogens is 1. The molecular weight excluding hydrogens is 458 g/mol. The Kier molecular flexibility index (Phi) is 5.48. The lowest BCUT2D eigenvalue weighted by Crippen LogP contribution is -2.32. The highest BCUT2D eigenvalue weighted by Gasteiger charge is 2.41. The molecule has 1 aliphatic heterocycles. The Bertz CT molecular complexity index is 1650. The average Bonchev–Trinajstić information content (AvgIpc) is 3.40. The van der Waals surface area contributed by atoms with Gasteiger partial charge in [0.25, 0.3) is 11.8 Å². The summed E-state index contributed by atoms with van der Waals surface area (Å²) in [4.78, 5) is 28.5. The van der Waals surface area contributed by atoms with E-state index in [9.17, 15) is 14.9 Å². The van der Waals surface area contributed by atoms with Gasteiger partial charge in [0.15, 0.2) is 0 Å². The van der Waals surface area contributed by atoms with Gasteiger partial charge in [-0.15, -0.1) is 0 Å². The molecule has 0 aliphatic carbocycles. The van der Waals surface area contributed by atoms with Gasteiger partial charge in [0.2, 0.25) is 0 Å². The van der Waals surface area contributed by atoms with Crippen LogP contribution in [0.15, 0.2) is 115 Å². The Morgan fingerprint density at radius 3 is 1.65 bits per heavy atom. The molecule has 6 rings (SSSR count). The summed E-state index contributed by atoms with van der Waals surface area (Å²) in [6.45, 7) is 0.370. The van der Waals surface area contributed by atoms with Gasteiger partial charge in [-0.1, -0.05) is 103 Å². The number of amides is 2. The molecule has 5 nitrogen and oxygen atoms in total. The van der Waals surface area contributed by atoms with Crippen LogP contribution in [0.5, 0.6) is 0 Å². The number of carbonyl (C=O) groups is 2. The predicted octanol–water partition coefficient (Wildman–Crippen LogP) is 6.54. The summed E-state index contributed by atoms with van der Waals surface area (Å²) in [5, 5.41) is 10.5. The van der Waals surface area contributed by atoms with E-state index in [2.05, 4.69) is 6.07 Å². The lowest BCUT2D eigenvalue weighted by Gasteiger charge is -2.20. The van der Waals surface area contributed by atoms with E-state index in [1.807, 2.05) is 95.6 Å². The van der Waals surface area contributed by atoms with Gasteiger partial charge in [0.05, 0.1) is 16.8 Å². The first-order valence-corrected chi connectivity index (χ1v) is 12.0. The first-order chi connectivity index (χ1) is 18.2. The first kappa shape index (κ1) is 22.3. The lowest BCUT2D eigenvalue weighted by molar-refractivity contribution is 0.0924. The molecule has 4 aromatic carbocycles. The topological polar surface area (TPSA) is 66.1 Å². The third-order valence-corrected chi connectivity index (χ3v) is 6.65. The summed E-state index contributed by atoms with van der Waals surface area (Å²) in [5.41, 5.74) is 5.14. The molecule has 0 fully saturated rings. The van der Waals surface area contributed by atoms with Crippen LogP contribution >= 0.6 is 0 Å². The van der Waals surface area contributed by atoms with Crippen molar-refractivity contribution in [3.63, 3.8) is 0 Å². The quantitative estimate of drug-likeness (QED) is 0.269. The molecule has 0 N–H and O–H groups in total. The highest BCUT2D eigenvalue weighted by molar-refractivity contribution is 6.34. The van der Waals surface area contributed by atoms with E-state index in [4.69, 9.17) is 0 Å². The molecule has 0 atom stereocenters. The molecule has 0 spiro atoms. The van der Waals surface area contributed by atoms with Crippen LogP contribution in [0.25, 0.3) is 22.4 Å². The molecule has 37 heavy (non-hydrogen) atoms. The van der Waals surface area contributed by atoms with Crippen molar-refractivity contribution in [2.24, 2.45) is 0 Å². The van der Waals surface area contributed by atoms with Crippen LogP contribution in [0.1, 0.15) is 31.8 Å². The van der Waals surface area contributed by atoms with Crippen LogP contribution in [0, 0.1) is 11.3 Å². The van der Waals surface area contributed by atoms with Gasteiger partial charge in [-0.05, 0) is 28.8 Å². The maximum atomic E-state index is 13.7. The fourth-order valence-electron chi connectivity index (χ4n) is 5.03. The Labute approximate surface area is 214 Å². The van der Waals surface area contributed by atoms with E-state index in [1.54, 1.807) is 24.3 Å². The molecule has 176 valence electrons. The second-order valence-electron chi connectivity index (χ2n) is 8.83. The van der Waals surface area contributed by atoms with Crippen molar-refractivity contribution in [2.45, 2.75) is 6.54 Å². The van der Waals surface area contributed by atoms with Crippen molar-refractivity contribution in [1.82, 2.24) is 4.57 Å². The highest BCUT2D eigenvalue weighted by Crippen LogP contribution is 2.45. The predicted molar refractivity (Wildman–Crippen MR) is 143 cm³/mol. The number of carbonyl (C=O) groups excluding carboxylic acids is 2. The second-order valence-corrected chi connectivity index (χ2v) is 8.83. The van der Waals surface area contributed by atoms with Gasteiger partial charge in [-0.25, -0.2) is 4.90 Å². The largest absolute Gasteiger partial charge is 0.321 e. The molecule has 2 heterocycles. The molecule has 5 heteroatoms. The number of nitriles is 1. The van der Waals surface area contributed by atoms with E-state index >= 15 is 0 Å². The van der Waals surface area contributed by atoms with Crippen LogP contribution in [-0.4, -0.2) is 16.4 Å². The minimum atomic E-state index is -0.428. The zero-order valence-electron chi connectivity index (χ0n) is 19.8. The molecule has 0 saturated heterocycles. The molecule has 0 radical (unpaired) electrons. The van der Waals surface area contributed by atoms with Crippen LogP contribution in [0.4, 0.5) is 5.82 Å². The minimum Gasteiger partial charge on any atom is -0.321 e. The average molecular weight is 480 g/mol. The zero-order valence-corrected chi connectivity index (χ0v) is 19.8. The van der Waals surface area contributed by atoms with Crippen molar-refractivity contribution in [1.29, 1.82) is 5.26 Å². The molecule has 1 aromatic heterocycles. The molecule has 5 aromatic rings. The molecule has 1 aliphatic rings. The maximum Gasteiger partial charge on any atom is 0.267 e. The van der Waals surface area contributed by atoms with Gasteiger partial charge < -0.3 is 4.57 Å². The first-order valence-electron chi connectivity index (χ1n) is 12.0. The van der Waals surface area contributed by atoms with Crippen LogP contribution in [0.3, 0.4) is 0 Å². The number of hydrogen-bond donors (Lipinski definition) is 0. The molecule has 0 saturated carbocycles. The van der Waals surface area contributed by atoms with Gasteiger partial charge in [0.1, 0.15) is 17.5 Å². The van der Waals surface area contributed by atoms with Crippen LogP contribution in [-0.2, 0) is 6.54 Å².